The van der Waals surface area contributed by atoms with Crippen molar-refractivity contribution in [1.82, 2.24) is 4.90 Å². The van der Waals surface area contributed by atoms with Gasteiger partial charge < -0.3 is 4.74 Å². The second kappa shape index (κ2) is 9.58. The fraction of sp³-hybridized carbons (Fsp3) is 0.143. The van der Waals surface area contributed by atoms with Crippen molar-refractivity contribution in [1.29, 1.82) is 0 Å². The molecule has 0 N–H and O–H groups in total. The fourth-order valence-electron chi connectivity index (χ4n) is 2.67. The summed E-state index contributed by atoms with van der Waals surface area (Å²) in [7, 11) is 0. The predicted molar refractivity (Wildman–Crippen MR) is 120 cm³/mol. The molecule has 2 amide bonds. The fourth-order valence-corrected chi connectivity index (χ4v) is 4.99. The number of rotatable bonds is 7. The summed E-state index contributed by atoms with van der Waals surface area (Å²) in [4.78, 5) is 26.7. The van der Waals surface area contributed by atoms with Crippen LogP contribution in [0.25, 0.3) is 6.08 Å². The Kier molecular flexibility index (Phi) is 7.15. The summed E-state index contributed by atoms with van der Waals surface area (Å²) in [5.74, 6) is 0.401. The maximum Gasteiger partial charge on any atom is 0.293 e. The highest BCUT2D eigenvalue weighted by molar-refractivity contribution is 9.11. The number of ether oxygens (including phenoxy) is 1. The van der Waals surface area contributed by atoms with Gasteiger partial charge in [0, 0.05) is 6.54 Å². The highest BCUT2D eigenvalue weighted by Gasteiger charge is 2.34. The van der Waals surface area contributed by atoms with Crippen molar-refractivity contribution in [3.8, 4) is 5.75 Å². The first-order valence-corrected chi connectivity index (χ1v) is 10.9. The van der Waals surface area contributed by atoms with Crippen molar-refractivity contribution in [3.63, 3.8) is 0 Å². The van der Waals surface area contributed by atoms with Gasteiger partial charge in [0.25, 0.3) is 11.1 Å². The summed E-state index contributed by atoms with van der Waals surface area (Å²) in [6, 6.07) is 13.5. The molecule has 1 fully saturated rings. The summed E-state index contributed by atoms with van der Waals surface area (Å²) < 4.78 is 7.10. The van der Waals surface area contributed by atoms with E-state index in [0.29, 0.717) is 30.2 Å². The van der Waals surface area contributed by atoms with Crippen LogP contribution >= 0.6 is 43.6 Å². The Morgan fingerprint density at radius 3 is 2.43 bits per heavy atom. The van der Waals surface area contributed by atoms with E-state index < -0.39 is 0 Å². The zero-order valence-corrected chi connectivity index (χ0v) is 18.8. The molecule has 2 aromatic carbocycles. The summed E-state index contributed by atoms with van der Waals surface area (Å²) >= 11 is 7.92. The van der Waals surface area contributed by atoms with Crippen LogP contribution in [0.1, 0.15) is 11.1 Å². The monoisotopic (exact) mass is 521 g/mol. The average Bonchev–Trinajstić information content (AvgIpc) is 2.93. The lowest BCUT2D eigenvalue weighted by atomic mass is 10.1. The first-order chi connectivity index (χ1) is 13.5. The number of amides is 2. The number of hydrogen-bond acceptors (Lipinski definition) is 4. The number of benzene rings is 2. The third kappa shape index (κ3) is 4.96. The van der Waals surface area contributed by atoms with E-state index in [1.165, 1.54) is 4.90 Å². The van der Waals surface area contributed by atoms with Gasteiger partial charge in [-0.1, -0.05) is 43.0 Å². The number of thioether (sulfide) groups is 1. The predicted octanol–water partition coefficient (Wildman–Crippen LogP) is 6.06. The van der Waals surface area contributed by atoms with Crippen LogP contribution in [-0.2, 0) is 11.2 Å². The van der Waals surface area contributed by atoms with Crippen molar-refractivity contribution < 1.29 is 14.3 Å². The van der Waals surface area contributed by atoms with E-state index in [1.54, 1.807) is 12.2 Å². The lowest BCUT2D eigenvalue weighted by Crippen LogP contribution is -2.30. The van der Waals surface area contributed by atoms with Crippen molar-refractivity contribution in [2.75, 3.05) is 13.2 Å². The van der Waals surface area contributed by atoms with E-state index in [9.17, 15) is 9.59 Å². The Bertz CT molecular complexity index is 921. The highest BCUT2D eigenvalue weighted by atomic mass is 79.9. The van der Waals surface area contributed by atoms with Gasteiger partial charge in [0.2, 0.25) is 0 Å². The Hall–Kier alpha value is -1.83. The van der Waals surface area contributed by atoms with Crippen molar-refractivity contribution >= 4 is 60.8 Å². The molecule has 1 heterocycles. The van der Waals surface area contributed by atoms with Crippen LogP contribution in [0, 0.1) is 0 Å². The van der Waals surface area contributed by atoms with Crippen LogP contribution < -0.4 is 4.74 Å². The van der Waals surface area contributed by atoms with Gasteiger partial charge in [-0.2, -0.15) is 0 Å². The second-order valence-corrected chi connectivity index (χ2v) is 8.68. The van der Waals surface area contributed by atoms with Gasteiger partial charge in [-0.3, -0.25) is 14.5 Å². The smallest absolute Gasteiger partial charge is 0.293 e. The standard InChI is InChI=1S/C21H17Br2NO3S/c1-2-10-27-19-16(22)11-15(12-17(19)23)13-18-20(25)24(21(26)28-18)9-8-14-6-4-3-5-7-14/h2-7,11-13H,1,8-10H2/b18-13-. The van der Waals surface area contributed by atoms with Gasteiger partial charge in [-0.05, 0) is 79.4 Å². The Balaban J connectivity index is 1.75. The quantitative estimate of drug-likeness (QED) is 0.327. The maximum atomic E-state index is 12.7. The van der Waals surface area contributed by atoms with Gasteiger partial charge in [0.15, 0.2) is 0 Å². The molecule has 0 saturated carbocycles. The lowest BCUT2D eigenvalue weighted by molar-refractivity contribution is -0.122. The van der Waals surface area contributed by atoms with Gasteiger partial charge in [-0.25, -0.2) is 0 Å². The molecular weight excluding hydrogens is 506 g/mol. The van der Waals surface area contributed by atoms with Crippen LogP contribution in [0.5, 0.6) is 5.75 Å². The van der Waals surface area contributed by atoms with Crippen LogP contribution in [0.2, 0.25) is 0 Å². The number of carbonyl (C=O) groups is 2. The molecular formula is C21H17Br2NO3S. The summed E-state index contributed by atoms with van der Waals surface area (Å²) in [6.45, 7) is 4.39. The lowest BCUT2D eigenvalue weighted by Gasteiger charge is -2.12. The Morgan fingerprint density at radius 2 is 1.79 bits per heavy atom. The molecule has 0 unspecified atom stereocenters. The van der Waals surface area contributed by atoms with Gasteiger partial charge in [0.05, 0.1) is 13.9 Å². The minimum Gasteiger partial charge on any atom is -0.487 e. The summed E-state index contributed by atoms with van der Waals surface area (Å²) in [5.41, 5.74) is 1.88. The Labute approximate surface area is 184 Å². The minimum atomic E-state index is -0.259. The maximum absolute atomic E-state index is 12.7. The number of nitrogens with zero attached hydrogens (tertiary/aromatic N) is 1. The molecule has 0 bridgehead atoms. The summed E-state index contributed by atoms with van der Waals surface area (Å²) in [5, 5.41) is -0.240. The number of halogens is 2. The third-order valence-corrected chi connectivity index (χ3v) is 6.09. The van der Waals surface area contributed by atoms with E-state index in [1.807, 2.05) is 42.5 Å². The molecule has 3 rings (SSSR count). The molecule has 144 valence electrons. The van der Waals surface area contributed by atoms with Crippen molar-refractivity contribution in [3.05, 3.63) is 80.1 Å². The number of hydrogen-bond donors (Lipinski definition) is 0. The van der Waals surface area contributed by atoms with E-state index in [-0.39, 0.29) is 11.1 Å². The zero-order valence-electron chi connectivity index (χ0n) is 14.9. The molecule has 1 saturated heterocycles. The van der Waals surface area contributed by atoms with Gasteiger partial charge in [0.1, 0.15) is 12.4 Å². The van der Waals surface area contributed by atoms with Crippen LogP contribution in [-0.4, -0.2) is 29.2 Å². The van der Waals surface area contributed by atoms with Gasteiger partial charge >= 0.3 is 0 Å². The van der Waals surface area contributed by atoms with Crippen molar-refractivity contribution in [2.45, 2.75) is 6.42 Å². The largest absolute Gasteiger partial charge is 0.487 e. The molecule has 28 heavy (non-hydrogen) atoms. The Morgan fingerprint density at radius 1 is 1.11 bits per heavy atom. The molecule has 0 aliphatic carbocycles. The zero-order chi connectivity index (χ0) is 20.1. The first kappa shape index (κ1) is 20.9. The topological polar surface area (TPSA) is 46.6 Å². The van der Waals surface area contributed by atoms with E-state index >= 15 is 0 Å². The van der Waals surface area contributed by atoms with Crippen molar-refractivity contribution in [2.24, 2.45) is 0 Å². The molecule has 1 aliphatic heterocycles. The highest BCUT2D eigenvalue weighted by Crippen LogP contribution is 2.37. The molecule has 0 atom stereocenters. The number of carbonyl (C=O) groups excluding carboxylic acids is 2. The molecule has 2 aromatic rings. The van der Waals surface area contributed by atoms with E-state index in [2.05, 4.69) is 38.4 Å². The minimum absolute atomic E-state index is 0.240. The first-order valence-electron chi connectivity index (χ1n) is 8.51. The summed E-state index contributed by atoms with van der Waals surface area (Å²) in [6.07, 6.45) is 4.02. The molecule has 0 radical (unpaired) electrons. The van der Waals surface area contributed by atoms with Crippen LogP contribution in [0.4, 0.5) is 4.79 Å². The normalized spacial score (nSPS) is 15.4. The van der Waals surface area contributed by atoms with E-state index in [4.69, 9.17) is 4.74 Å². The molecule has 4 nitrogen and oxygen atoms in total. The average molecular weight is 523 g/mol. The second-order valence-electron chi connectivity index (χ2n) is 5.98. The molecule has 0 aromatic heterocycles. The number of imide groups is 1. The molecule has 0 spiro atoms. The third-order valence-electron chi connectivity index (χ3n) is 4.00. The molecule has 1 aliphatic rings. The van der Waals surface area contributed by atoms with E-state index in [0.717, 1.165) is 31.8 Å². The molecule has 7 heteroatoms. The SMILES string of the molecule is C=CCOc1c(Br)cc(/C=C2\SC(=O)N(CCc3ccccc3)C2=O)cc1Br. The van der Waals surface area contributed by atoms with Gasteiger partial charge in [-0.15, -0.1) is 0 Å². The van der Waals surface area contributed by atoms with Crippen LogP contribution in [0.15, 0.2) is 69.0 Å². The van der Waals surface area contributed by atoms with Crippen LogP contribution in [0.3, 0.4) is 0 Å².